The lowest BCUT2D eigenvalue weighted by molar-refractivity contribution is 0.0729. The lowest BCUT2D eigenvalue weighted by Crippen LogP contribution is -2.41. The SMILES string of the molecule is Cc1ccccc1C(N)CN1CCc2ccccc2C1=O. The number of hydrogen-bond donors (Lipinski definition) is 1. The number of aryl methyl sites for hydroxylation is 1. The first-order valence-corrected chi connectivity index (χ1v) is 7.35. The van der Waals surface area contributed by atoms with Crippen LogP contribution in [0.5, 0.6) is 0 Å². The Morgan fingerprint density at radius 3 is 2.67 bits per heavy atom. The third-order valence-corrected chi connectivity index (χ3v) is 4.19. The van der Waals surface area contributed by atoms with Gasteiger partial charge in [-0.2, -0.15) is 0 Å². The molecule has 1 amide bonds. The van der Waals surface area contributed by atoms with Crippen LogP contribution in [0.25, 0.3) is 0 Å². The number of nitrogens with zero attached hydrogens (tertiary/aromatic N) is 1. The lowest BCUT2D eigenvalue weighted by atomic mass is 9.97. The van der Waals surface area contributed by atoms with Gasteiger partial charge in [-0.3, -0.25) is 4.79 Å². The minimum Gasteiger partial charge on any atom is -0.336 e. The zero-order valence-electron chi connectivity index (χ0n) is 12.3. The number of amides is 1. The van der Waals surface area contributed by atoms with Crippen molar-refractivity contribution in [3.05, 3.63) is 70.8 Å². The number of carbonyl (C=O) groups is 1. The molecule has 1 aliphatic rings. The molecule has 0 bridgehead atoms. The molecule has 1 heterocycles. The Hall–Kier alpha value is -2.13. The van der Waals surface area contributed by atoms with Crippen LogP contribution < -0.4 is 5.73 Å². The largest absolute Gasteiger partial charge is 0.336 e. The first-order chi connectivity index (χ1) is 10.2. The molecule has 0 aromatic heterocycles. The highest BCUT2D eigenvalue weighted by Gasteiger charge is 2.25. The molecule has 0 spiro atoms. The third kappa shape index (κ3) is 2.69. The van der Waals surface area contributed by atoms with Crippen molar-refractivity contribution in [3.63, 3.8) is 0 Å². The van der Waals surface area contributed by atoms with Crippen molar-refractivity contribution in [1.29, 1.82) is 0 Å². The summed E-state index contributed by atoms with van der Waals surface area (Å²) in [5.41, 5.74) is 10.6. The Bertz CT molecular complexity index is 666. The van der Waals surface area contributed by atoms with E-state index >= 15 is 0 Å². The molecule has 0 saturated heterocycles. The van der Waals surface area contributed by atoms with E-state index in [1.54, 1.807) is 0 Å². The third-order valence-electron chi connectivity index (χ3n) is 4.19. The average molecular weight is 280 g/mol. The molecule has 3 nitrogen and oxygen atoms in total. The van der Waals surface area contributed by atoms with Crippen LogP contribution in [0.2, 0.25) is 0 Å². The van der Waals surface area contributed by atoms with E-state index in [0.717, 1.165) is 29.7 Å². The van der Waals surface area contributed by atoms with Crippen LogP contribution in [0.3, 0.4) is 0 Å². The molecule has 1 atom stereocenters. The average Bonchev–Trinajstić information content (AvgIpc) is 2.51. The summed E-state index contributed by atoms with van der Waals surface area (Å²) in [6, 6.07) is 15.8. The summed E-state index contributed by atoms with van der Waals surface area (Å²) in [4.78, 5) is 14.4. The van der Waals surface area contributed by atoms with Crippen molar-refractivity contribution < 1.29 is 4.79 Å². The summed E-state index contributed by atoms with van der Waals surface area (Å²) in [5, 5.41) is 0. The van der Waals surface area contributed by atoms with E-state index in [-0.39, 0.29) is 11.9 Å². The fourth-order valence-corrected chi connectivity index (χ4v) is 2.99. The summed E-state index contributed by atoms with van der Waals surface area (Å²) >= 11 is 0. The normalized spacial score (nSPS) is 15.7. The second-order valence-corrected chi connectivity index (χ2v) is 5.62. The first kappa shape index (κ1) is 13.8. The predicted octanol–water partition coefficient (Wildman–Crippen LogP) is 2.69. The number of carbonyl (C=O) groups excluding carboxylic acids is 1. The molecule has 108 valence electrons. The number of benzene rings is 2. The van der Waals surface area contributed by atoms with E-state index < -0.39 is 0 Å². The van der Waals surface area contributed by atoms with Crippen LogP contribution in [0.15, 0.2) is 48.5 Å². The summed E-state index contributed by atoms with van der Waals surface area (Å²) in [6.07, 6.45) is 0.905. The Labute approximate surface area is 125 Å². The van der Waals surface area contributed by atoms with Gasteiger partial charge < -0.3 is 10.6 Å². The van der Waals surface area contributed by atoms with Crippen LogP contribution in [0, 0.1) is 6.92 Å². The minimum absolute atomic E-state index is 0.0980. The smallest absolute Gasteiger partial charge is 0.254 e. The van der Waals surface area contributed by atoms with Crippen LogP contribution >= 0.6 is 0 Å². The highest BCUT2D eigenvalue weighted by atomic mass is 16.2. The molecule has 2 aromatic carbocycles. The van der Waals surface area contributed by atoms with Crippen LogP contribution in [0.4, 0.5) is 0 Å². The molecule has 1 unspecified atom stereocenters. The molecule has 0 saturated carbocycles. The maximum absolute atomic E-state index is 12.5. The number of rotatable bonds is 3. The Morgan fingerprint density at radius 1 is 1.14 bits per heavy atom. The standard InChI is InChI=1S/C18H20N2O/c1-13-6-2-4-8-15(13)17(19)12-20-11-10-14-7-3-5-9-16(14)18(20)21/h2-9,17H,10-12,19H2,1H3. The van der Waals surface area contributed by atoms with Crippen molar-refractivity contribution >= 4 is 5.91 Å². The number of hydrogen-bond acceptors (Lipinski definition) is 2. The monoisotopic (exact) mass is 280 g/mol. The highest BCUT2D eigenvalue weighted by molar-refractivity contribution is 5.96. The molecule has 3 rings (SSSR count). The molecule has 0 aliphatic carbocycles. The van der Waals surface area contributed by atoms with E-state index in [1.165, 1.54) is 5.56 Å². The van der Waals surface area contributed by atoms with E-state index in [1.807, 2.05) is 47.4 Å². The molecule has 1 aliphatic heterocycles. The van der Waals surface area contributed by atoms with Gasteiger partial charge in [0.05, 0.1) is 0 Å². The summed E-state index contributed by atoms with van der Waals surface area (Å²) < 4.78 is 0. The van der Waals surface area contributed by atoms with Crippen molar-refractivity contribution in [2.75, 3.05) is 13.1 Å². The van der Waals surface area contributed by atoms with Gasteiger partial charge in [0.15, 0.2) is 0 Å². The second-order valence-electron chi connectivity index (χ2n) is 5.62. The summed E-state index contributed by atoms with van der Waals surface area (Å²) in [5.74, 6) is 0.0980. The van der Waals surface area contributed by atoms with E-state index in [2.05, 4.69) is 13.0 Å². The van der Waals surface area contributed by atoms with Gasteiger partial charge in [0, 0.05) is 24.7 Å². The molecule has 2 aromatic rings. The quantitative estimate of drug-likeness (QED) is 0.939. The van der Waals surface area contributed by atoms with Gasteiger partial charge in [0.25, 0.3) is 5.91 Å². The van der Waals surface area contributed by atoms with Crippen molar-refractivity contribution in [3.8, 4) is 0 Å². The summed E-state index contributed by atoms with van der Waals surface area (Å²) in [7, 11) is 0. The van der Waals surface area contributed by atoms with Crippen LogP contribution in [-0.4, -0.2) is 23.9 Å². The summed E-state index contributed by atoms with van der Waals surface area (Å²) in [6.45, 7) is 3.37. The second kappa shape index (κ2) is 5.70. The topological polar surface area (TPSA) is 46.3 Å². The Kier molecular flexibility index (Phi) is 3.76. The van der Waals surface area contributed by atoms with Gasteiger partial charge >= 0.3 is 0 Å². The molecule has 0 radical (unpaired) electrons. The zero-order valence-corrected chi connectivity index (χ0v) is 12.3. The Balaban J connectivity index is 1.78. The predicted molar refractivity (Wildman–Crippen MR) is 84.2 cm³/mol. The molecular weight excluding hydrogens is 260 g/mol. The van der Waals surface area contributed by atoms with Gasteiger partial charge in [-0.05, 0) is 36.1 Å². The van der Waals surface area contributed by atoms with Crippen LogP contribution in [-0.2, 0) is 6.42 Å². The maximum atomic E-state index is 12.5. The first-order valence-electron chi connectivity index (χ1n) is 7.35. The van der Waals surface area contributed by atoms with Crippen LogP contribution in [0.1, 0.15) is 33.1 Å². The molecule has 3 heteroatoms. The minimum atomic E-state index is -0.139. The number of fused-ring (bicyclic) bond motifs is 1. The van der Waals surface area contributed by atoms with Crippen molar-refractivity contribution in [2.45, 2.75) is 19.4 Å². The maximum Gasteiger partial charge on any atom is 0.254 e. The fourth-order valence-electron chi connectivity index (χ4n) is 2.99. The van der Waals surface area contributed by atoms with Gasteiger partial charge in [-0.1, -0.05) is 42.5 Å². The number of nitrogens with two attached hydrogens (primary N) is 1. The van der Waals surface area contributed by atoms with E-state index in [0.29, 0.717) is 6.54 Å². The van der Waals surface area contributed by atoms with Gasteiger partial charge in [0.1, 0.15) is 0 Å². The lowest BCUT2D eigenvalue weighted by Gasteiger charge is -2.31. The van der Waals surface area contributed by atoms with Gasteiger partial charge in [-0.25, -0.2) is 0 Å². The highest BCUT2D eigenvalue weighted by Crippen LogP contribution is 2.22. The van der Waals surface area contributed by atoms with E-state index in [9.17, 15) is 4.79 Å². The van der Waals surface area contributed by atoms with Gasteiger partial charge in [0.2, 0.25) is 0 Å². The zero-order chi connectivity index (χ0) is 14.8. The van der Waals surface area contributed by atoms with Gasteiger partial charge in [-0.15, -0.1) is 0 Å². The van der Waals surface area contributed by atoms with Crippen molar-refractivity contribution in [2.24, 2.45) is 5.73 Å². The van der Waals surface area contributed by atoms with E-state index in [4.69, 9.17) is 5.73 Å². The van der Waals surface area contributed by atoms with Crippen molar-refractivity contribution in [1.82, 2.24) is 4.90 Å². The molecular formula is C18H20N2O. The molecule has 0 fully saturated rings. The molecule has 2 N–H and O–H groups in total. The molecule has 21 heavy (non-hydrogen) atoms. The fraction of sp³-hybridized carbons (Fsp3) is 0.278. The Morgan fingerprint density at radius 2 is 1.86 bits per heavy atom.